The number of benzene rings is 1. The average Bonchev–Trinajstić information content (AvgIpc) is 3.22. The molecule has 0 spiro atoms. The number of non-ortho nitro benzene ring substituents is 1. The number of rotatable bonds is 5. The zero-order valence-corrected chi connectivity index (χ0v) is 15.6. The lowest BCUT2D eigenvalue weighted by Crippen LogP contribution is -2.27. The maximum Gasteiger partial charge on any atom is 0.269 e. The molecule has 0 amide bonds. The van der Waals surface area contributed by atoms with E-state index in [1.165, 1.54) is 12.1 Å². The van der Waals surface area contributed by atoms with E-state index in [1.807, 2.05) is 6.92 Å². The van der Waals surface area contributed by atoms with Gasteiger partial charge in [-0.2, -0.15) is 0 Å². The highest BCUT2D eigenvalue weighted by molar-refractivity contribution is 7.80. The lowest BCUT2D eigenvalue weighted by Gasteiger charge is -2.09. The minimum absolute atomic E-state index is 0.0489. The summed E-state index contributed by atoms with van der Waals surface area (Å²) in [5, 5.41) is 20.4. The molecule has 6 nitrogen and oxygen atoms in total. The van der Waals surface area contributed by atoms with Crippen molar-refractivity contribution in [3.63, 3.8) is 0 Å². The molecule has 0 aliphatic heterocycles. The number of anilines is 1. The first-order valence-electron chi connectivity index (χ1n) is 7.32. The van der Waals surface area contributed by atoms with Crippen molar-refractivity contribution in [1.29, 1.82) is 0 Å². The van der Waals surface area contributed by atoms with E-state index < -0.39 is 4.92 Å². The summed E-state index contributed by atoms with van der Waals surface area (Å²) in [7, 11) is 0. The maximum atomic E-state index is 10.6. The number of nitrogens with zero attached hydrogens (tertiary/aromatic N) is 2. The van der Waals surface area contributed by atoms with Crippen molar-refractivity contribution >= 4 is 51.4 Å². The van der Waals surface area contributed by atoms with Crippen molar-refractivity contribution < 1.29 is 4.92 Å². The fourth-order valence-electron chi connectivity index (χ4n) is 2.10. The Labute approximate surface area is 157 Å². The minimum atomic E-state index is -0.432. The zero-order valence-electron chi connectivity index (χ0n) is 13.2. The van der Waals surface area contributed by atoms with Crippen LogP contribution in [0.5, 0.6) is 0 Å². The Balaban J connectivity index is 1.54. The Hall–Kier alpha value is -2.36. The van der Waals surface area contributed by atoms with Crippen LogP contribution in [0.25, 0.3) is 10.6 Å². The largest absolute Gasteiger partial charge is 0.358 e. The molecular formula is C16H14N4O2S3. The predicted octanol–water partition coefficient (Wildman–Crippen LogP) is 4.57. The van der Waals surface area contributed by atoms with E-state index >= 15 is 0 Å². The number of hydrogen-bond donors (Lipinski definition) is 2. The summed E-state index contributed by atoms with van der Waals surface area (Å²) in [6, 6.07) is 10.2. The highest BCUT2D eigenvalue weighted by atomic mass is 32.1. The van der Waals surface area contributed by atoms with Crippen LogP contribution in [0.2, 0.25) is 0 Å². The Morgan fingerprint density at radius 3 is 2.68 bits per heavy atom. The molecule has 0 saturated carbocycles. The van der Waals surface area contributed by atoms with Crippen molar-refractivity contribution in [2.75, 3.05) is 5.32 Å². The summed E-state index contributed by atoms with van der Waals surface area (Å²) >= 11 is 8.57. The maximum absolute atomic E-state index is 10.6. The number of aryl methyl sites for hydroxylation is 1. The summed E-state index contributed by atoms with van der Waals surface area (Å²) in [5.41, 5.74) is 1.76. The van der Waals surface area contributed by atoms with Crippen molar-refractivity contribution in [2.45, 2.75) is 13.5 Å². The van der Waals surface area contributed by atoms with Crippen molar-refractivity contribution in [1.82, 2.24) is 10.3 Å². The van der Waals surface area contributed by atoms with Crippen LogP contribution >= 0.6 is 34.9 Å². The summed E-state index contributed by atoms with van der Waals surface area (Å²) in [6.07, 6.45) is 0. The van der Waals surface area contributed by atoms with Crippen molar-refractivity contribution in [2.24, 2.45) is 0 Å². The number of thiazole rings is 1. The number of thiophene rings is 1. The molecule has 0 radical (unpaired) electrons. The first kappa shape index (κ1) is 17.5. The smallest absolute Gasteiger partial charge is 0.269 e. The van der Waals surface area contributed by atoms with Gasteiger partial charge in [0, 0.05) is 28.1 Å². The third kappa shape index (κ3) is 4.59. The van der Waals surface area contributed by atoms with Gasteiger partial charge in [-0.15, -0.1) is 22.7 Å². The molecular weight excluding hydrogens is 376 g/mol. The Kier molecular flexibility index (Phi) is 5.37. The molecule has 0 atom stereocenters. The Morgan fingerprint density at radius 2 is 2.04 bits per heavy atom. The van der Waals surface area contributed by atoms with Crippen molar-refractivity contribution in [3.8, 4) is 10.6 Å². The third-order valence-electron chi connectivity index (χ3n) is 3.29. The van der Waals surface area contributed by atoms with Gasteiger partial charge in [-0.3, -0.25) is 10.1 Å². The van der Waals surface area contributed by atoms with Crippen LogP contribution in [-0.4, -0.2) is 15.0 Å². The van der Waals surface area contributed by atoms with Crippen LogP contribution in [0.15, 0.2) is 41.8 Å². The molecule has 0 aliphatic carbocycles. The normalized spacial score (nSPS) is 10.4. The van der Waals surface area contributed by atoms with Crippen LogP contribution < -0.4 is 10.6 Å². The molecule has 2 aromatic heterocycles. The van der Waals surface area contributed by atoms with Crippen LogP contribution in [0.3, 0.4) is 0 Å². The summed E-state index contributed by atoms with van der Waals surface area (Å²) in [5.74, 6) is 0. The highest BCUT2D eigenvalue weighted by Crippen LogP contribution is 2.28. The van der Waals surface area contributed by atoms with E-state index in [0.29, 0.717) is 17.3 Å². The Bertz CT molecular complexity index is 902. The molecule has 1 aromatic carbocycles. The quantitative estimate of drug-likeness (QED) is 0.377. The molecule has 0 fully saturated rings. The first-order chi connectivity index (χ1) is 12.0. The molecule has 3 aromatic rings. The standard InChI is InChI=1S/C16H14N4O2S3/c1-10-18-14(9-24-10)15-7-6-13(25-15)8-17-16(23)19-11-2-4-12(5-3-11)20(21)22/h2-7,9H,8H2,1H3,(H2,17,19,23). The molecule has 128 valence electrons. The predicted molar refractivity (Wildman–Crippen MR) is 106 cm³/mol. The minimum Gasteiger partial charge on any atom is -0.358 e. The van der Waals surface area contributed by atoms with E-state index in [1.54, 1.807) is 34.8 Å². The van der Waals surface area contributed by atoms with E-state index in [0.717, 1.165) is 20.5 Å². The molecule has 2 heterocycles. The SMILES string of the molecule is Cc1nc(-c2ccc(CNC(=S)Nc3ccc([N+](=O)[O-])cc3)s2)cs1. The molecule has 25 heavy (non-hydrogen) atoms. The second kappa shape index (κ2) is 7.68. The summed E-state index contributed by atoms with van der Waals surface area (Å²) < 4.78 is 0. The van der Waals surface area contributed by atoms with Gasteiger partial charge in [0.15, 0.2) is 5.11 Å². The first-order valence-corrected chi connectivity index (χ1v) is 9.42. The third-order valence-corrected chi connectivity index (χ3v) is 5.42. The molecule has 0 aliphatic rings. The monoisotopic (exact) mass is 390 g/mol. The van der Waals surface area contributed by atoms with Gasteiger partial charge in [0.2, 0.25) is 0 Å². The fraction of sp³-hybridized carbons (Fsp3) is 0.125. The average molecular weight is 391 g/mol. The topological polar surface area (TPSA) is 80.1 Å². The van der Waals surface area contributed by atoms with E-state index in [2.05, 4.69) is 33.1 Å². The van der Waals surface area contributed by atoms with Gasteiger partial charge in [-0.05, 0) is 43.4 Å². The van der Waals surface area contributed by atoms with Gasteiger partial charge in [0.25, 0.3) is 5.69 Å². The molecule has 9 heteroatoms. The Morgan fingerprint density at radius 1 is 1.28 bits per heavy atom. The molecule has 2 N–H and O–H groups in total. The van der Waals surface area contributed by atoms with E-state index in [9.17, 15) is 10.1 Å². The van der Waals surface area contributed by atoms with Crippen LogP contribution in [0.4, 0.5) is 11.4 Å². The number of aromatic nitrogens is 1. The number of nitro benzene ring substituents is 1. The number of nitro groups is 1. The summed E-state index contributed by atoms with van der Waals surface area (Å²) in [6.45, 7) is 2.60. The second-order valence-electron chi connectivity index (χ2n) is 5.13. The lowest BCUT2D eigenvalue weighted by molar-refractivity contribution is -0.384. The summed E-state index contributed by atoms with van der Waals surface area (Å²) in [4.78, 5) is 17.0. The van der Waals surface area contributed by atoms with Gasteiger partial charge in [-0.25, -0.2) is 4.98 Å². The van der Waals surface area contributed by atoms with Gasteiger partial charge in [0.05, 0.1) is 27.0 Å². The van der Waals surface area contributed by atoms with Crippen LogP contribution in [-0.2, 0) is 6.54 Å². The van der Waals surface area contributed by atoms with Gasteiger partial charge in [-0.1, -0.05) is 0 Å². The number of nitrogens with one attached hydrogen (secondary N) is 2. The number of hydrogen-bond acceptors (Lipinski definition) is 6. The van der Waals surface area contributed by atoms with E-state index in [4.69, 9.17) is 12.2 Å². The lowest BCUT2D eigenvalue weighted by atomic mass is 10.3. The molecule has 0 unspecified atom stereocenters. The van der Waals surface area contributed by atoms with Gasteiger partial charge < -0.3 is 10.6 Å². The van der Waals surface area contributed by atoms with E-state index in [-0.39, 0.29) is 5.69 Å². The molecule has 3 rings (SSSR count). The van der Waals surface area contributed by atoms with Gasteiger partial charge >= 0.3 is 0 Å². The zero-order chi connectivity index (χ0) is 17.8. The van der Waals surface area contributed by atoms with Crippen molar-refractivity contribution in [3.05, 3.63) is 61.8 Å². The molecule has 0 saturated heterocycles. The van der Waals surface area contributed by atoms with Crippen LogP contribution in [0, 0.1) is 17.0 Å². The molecule has 0 bridgehead atoms. The fourth-order valence-corrected chi connectivity index (χ4v) is 3.88. The highest BCUT2D eigenvalue weighted by Gasteiger charge is 2.07. The number of thiocarbonyl (C=S) groups is 1. The second-order valence-corrected chi connectivity index (χ2v) is 7.77. The van der Waals surface area contributed by atoms with Gasteiger partial charge in [0.1, 0.15) is 0 Å². The van der Waals surface area contributed by atoms with Crippen LogP contribution in [0.1, 0.15) is 9.88 Å².